The van der Waals surface area contributed by atoms with Crippen LogP contribution in [0.1, 0.15) is 17.5 Å². The fraction of sp³-hybridized carbons (Fsp3) is 0.243. The summed E-state index contributed by atoms with van der Waals surface area (Å²) in [4.78, 5) is 27.6. The monoisotopic (exact) mass is 670 g/mol. The van der Waals surface area contributed by atoms with Crippen molar-refractivity contribution in [1.29, 1.82) is 5.26 Å². The lowest BCUT2D eigenvalue weighted by molar-refractivity contribution is -0.117. The van der Waals surface area contributed by atoms with E-state index in [1.54, 1.807) is 18.3 Å². The lowest BCUT2D eigenvalue weighted by Gasteiger charge is -2.34. The molecule has 4 heterocycles. The van der Waals surface area contributed by atoms with Crippen molar-refractivity contribution in [3.05, 3.63) is 77.5 Å². The summed E-state index contributed by atoms with van der Waals surface area (Å²) in [6.45, 7) is 5.10. The molecular weight excluding hydrogens is 637 g/mol. The molecule has 0 unspecified atom stereocenters. The first-order valence-electron chi connectivity index (χ1n) is 16.0. The quantitative estimate of drug-likeness (QED) is 0.0966. The van der Waals surface area contributed by atoms with Gasteiger partial charge in [0, 0.05) is 67.7 Å². The molecule has 1 saturated heterocycles. The van der Waals surface area contributed by atoms with Crippen LogP contribution < -0.4 is 25.4 Å². The Morgan fingerprint density at radius 1 is 1.08 bits per heavy atom. The molecule has 11 nitrogen and oxygen atoms in total. The highest BCUT2D eigenvalue weighted by Gasteiger charge is 2.21. The van der Waals surface area contributed by atoms with Gasteiger partial charge in [0.15, 0.2) is 22.5 Å². The highest BCUT2D eigenvalue weighted by Crippen LogP contribution is 2.41. The lowest BCUT2D eigenvalue weighted by atomic mass is 10.0. The molecule has 2 aliphatic heterocycles. The van der Waals surface area contributed by atoms with E-state index in [0.717, 1.165) is 52.9 Å². The molecule has 5 aromatic rings. The molecule has 1 fully saturated rings. The average molecular weight is 671 g/mol. The summed E-state index contributed by atoms with van der Waals surface area (Å²) in [5.74, 6) is 3.84. The zero-order valence-electron chi connectivity index (χ0n) is 27.0. The Bertz CT molecular complexity index is 2190. The third kappa shape index (κ3) is 6.70. The van der Waals surface area contributed by atoms with Gasteiger partial charge in [-0.05, 0) is 66.2 Å². The van der Waals surface area contributed by atoms with Crippen LogP contribution in [-0.2, 0) is 11.3 Å². The fourth-order valence-corrected chi connectivity index (χ4v) is 7.04. The number of nitrogens with two attached hydrogens (primary N) is 1. The SMILES string of the molecule is C#Cc1cc2c(cc1Sc1nc3c(N)nccc3n1CCCNC(=O)/C(C#N)=C/c1ccc3cc(N4CCN(C)CC4)ccc3c1)OCO2. The molecule has 0 saturated carbocycles. The number of nitrogens with zero attached hydrogens (tertiary/aromatic N) is 6. The molecule has 12 heteroatoms. The molecule has 0 atom stereocenters. The molecule has 2 aliphatic rings. The molecule has 1 amide bonds. The second kappa shape index (κ2) is 13.8. The van der Waals surface area contributed by atoms with Crippen molar-refractivity contribution in [3.8, 4) is 29.9 Å². The van der Waals surface area contributed by atoms with Crippen molar-refractivity contribution in [3.63, 3.8) is 0 Å². The summed E-state index contributed by atoms with van der Waals surface area (Å²) in [6.07, 6.45) is 9.66. The molecule has 2 aromatic heterocycles. The molecule has 0 bridgehead atoms. The zero-order chi connectivity index (χ0) is 33.9. The van der Waals surface area contributed by atoms with Crippen LogP contribution in [0.25, 0.3) is 27.9 Å². The number of aryl methyl sites for hydroxylation is 1. The summed E-state index contributed by atoms with van der Waals surface area (Å²) in [6, 6.07) is 20.0. The number of nitrogen functional groups attached to an aromatic ring is 1. The van der Waals surface area contributed by atoms with Gasteiger partial charge in [-0.25, -0.2) is 9.97 Å². The minimum Gasteiger partial charge on any atom is -0.454 e. The third-order valence-electron chi connectivity index (χ3n) is 8.73. The number of imidazole rings is 1. The maximum absolute atomic E-state index is 13.1. The number of carbonyl (C=O) groups excluding carboxylic acids is 1. The van der Waals surface area contributed by atoms with Crippen LogP contribution in [0.3, 0.4) is 0 Å². The number of piperazine rings is 1. The molecule has 49 heavy (non-hydrogen) atoms. The number of nitrogens with one attached hydrogen (secondary N) is 1. The van der Waals surface area contributed by atoms with E-state index >= 15 is 0 Å². The van der Waals surface area contributed by atoms with Gasteiger partial charge in [-0.2, -0.15) is 5.26 Å². The van der Waals surface area contributed by atoms with Crippen LogP contribution in [0.4, 0.5) is 11.5 Å². The summed E-state index contributed by atoms with van der Waals surface area (Å²) < 4.78 is 13.1. The predicted octanol–water partition coefficient (Wildman–Crippen LogP) is 4.89. The number of aromatic nitrogens is 3. The summed E-state index contributed by atoms with van der Waals surface area (Å²) in [7, 11) is 2.15. The Morgan fingerprint density at radius 3 is 2.65 bits per heavy atom. The van der Waals surface area contributed by atoms with Crippen molar-refractivity contribution in [2.75, 3.05) is 57.2 Å². The second-order valence-corrected chi connectivity index (χ2v) is 12.9. The number of hydrogen-bond donors (Lipinski definition) is 2. The van der Waals surface area contributed by atoms with E-state index in [9.17, 15) is 10.1 Å². The minimum absolute atomic E-state index is 0.0428. The van der Waals surface area contributed by atoms with E-state index in [2.05, 4.69) is 57.3 Å². The number of likely N-dealkylation sites (N-methyl/N-ethyl adjacent to an activating group) is 1. The Hall–Kier alpha value is -5.69. The molecule has 0 radical (unpaired) electrons. The van der Waals surface area contributed by atoms with E-state index in [0.29, 0.717) is 53.1 Å². The molecule has 7 rings (SSSR count). The van der Waals surface area contributed by atoms with Gasteiger partial charge in [-0.3, -0.25) is 4.79 Å². The van der Waals surface area contributed by atoms with Crippen molar-refractivity contribution >= 4 is 57.1 Å². The minimum atomic E-state index is -0.425. The second-order valence-electron chi connectivity index (χ2n) is 11.9. The van der Waals surface area contributed by atoms with E-state index in [1.165, 1.54) is 17.4 Å². The standard InChI is InChI=1S/C37H34N8O3S/c1-3-25-20-31-32(48-23-47-31)21-33(25)49-37-42-34-30(9-11-40-35(34)39)45(37)12-4-10-41-36(46)28(22-38)18-24-5-6-27-19-29(8-7-26(27)17-24)44-15-13-43(2)14-16-44/h1,5-9,11,17-21H,4,10,12-16,23H2,2H3,(H2,39,40)(H,41,46)/b28-18+. The Labute approximate surface area is 288 Å². The van der Waals surface area contributed by atoms with Crippen LogP contribution in [0.5, 0.6) is 11.5 Å². The predicted molar refractivity (Wildman–Crippen MR) is 191 cm³/mol. The largest absolute Gasteiger partial charge is 0.454 e. The fourth-order valence-electron chi connectivity index (χ4n) is 6.02. The maximum atomic E-state index is 13.1. The number of benzene rings is 3. The number of anilines is 2. The number of fused-ring (bicyclic) bond motifs is 3. The van der Waals surface area contributed by atoms with Crippen molar-refractivity contribution < 1.29 is 14.3 Å². The summed E-state index contributed by atoms with van der Waals surface area (Å²) in [5, 5.41) is 15.6. The Morgan fingerprint density at radius 2 is 1.86 bits per heavy atom. The van der Waals surface area contributed by atoms with Gasteiger partial charge in [0.05, 0.1) is 5.52 Å². The van der Waals surface area contributed by atoms with E-state index in [4.69, 9.17) is 26.6 Å². The molecule has 3 aromatic carbocycles. The highest BCUT2D eigenvalue weighted by molar-refractivity contribution is 7.99. The van der Waals surface area contributed by atoms with Crippen LogP contribution in [0, 0.1) is 23.7 Å². The number of ether oxygens (including phenoxy) is 2. The van der Waals surface area contributed by atoms with Crippen LogP contribution in [0.15, 0.2) is 76.4 Å². The van der Waals surface area contributed by atoms with Crippen LogP contribution >= 0.6 is 11.8 Å². The van der Waals surface area contributed by atoms with Gasteiger partial charge in [-0.1, -0.05) is 35.9 Å². The maximum Gasteiger partial charge on any atom is 0.261 e. The molecule has 246 valence electrons. The first-order valence-corrected chi connectivity index (χ1v) is 16.8. The van der Waals surface area contributed by atoms with Crippen molar-refractivity contribution in [2.45, 2.75) is 23.0 Å². The molecular formula is C37H34N8O3S. The van der Waals surface area contributed by atoms with Gasteiger partial charge >= 0.3 is 0 Å². The van der Waals surface area contributed by atoms with Crippen molar-refractivity contribution in [1.82, 2.24) is 24.8 Å². The van der Waals surface area contributed by atoms with E-state index in [-0.39, 0.29) is 12.4 Å². The normalized spacial score (nSPS) is 14.6. The molecule has 0 aliphatic carbocycles. The number of pyridine rings is 1. The van der Waals surface area contributed by atoms with Crippen LogP contribution in [0.2, 0.25) is 0 Å². The molecule has 3 N–H and O–H groups in total. The number of amides is 1. The number of terminal acetylenes is 1. The third-order valence-corrected chi connectivity index (χ3v) is 9.78. The Balaban J connectivity index is 1.02. The van der Waals surface area contributed by atoms with Gasteiger partial charge < -0.3 is 34.9 Å². The highest BCUT2D eigenvalue weighted by atomic mass is 32.2. The first kappa shape index (κ1) is 31.9. The number of rotatable bonds is 9. The van der Waals surface area contributed by atoms with Gasteiger partial charge in [0.25, 0.3) is 5.91 Å². The van der Waals surface area contributed by atoms with Crippen molar-refractivity contribution in [2.24, 2.45) is 0 Å². The first-order chi connectivity index (χ1) is 23.9. The molecule has 0 spiro atoms. The van der Waals surface area contributed by atoms with E-state index in [1.807, 2.05) is 34.9 Å². The summed E-state index contributed by atoms with van der Waals surface area (Å²) in [5.41, 5.74) is 10.3. The average Bonchev–Trinajstić information content (AvgIpc) is 3.73. The number of nitriles is 1. The van der Waals surface area contributed by atoms with Gasteiger partial charge in [-0.15, -0.1) is 6.42 Å². The van der Waals surface area contributed by atoms with Crippen LogP contribution in [-0.4, -0.2) is 71.9 Å². The summed E-state index contributed by atoms with van der Waals surface area (Å²) >= 11 is 1.40. The zero-order valence-corrected chi connectivity index (χ0v) is 27.8. The lowest BCUT2D eigenvalue weighted by Crippen LogP contribution is -2.44. The van der Waals surface area contributed by atoms with Gasteiger partial charge in [0.1, 0.15) is 17.2 Å². The topological polar surface area (TPSA) is 135 Å². The number of carbonyl (C=O) groups is 1. The van der Waals surface area contributed by atoms with E-state index < -0.39 is 5.91 Å². The number of hydrogen-bond acceptors (Lipinski definition) is 10. The van der Waals surface area contributed by atoms with Gasteiger partial charge in [0.2, 0.25) is 6.79 Å². The smallest absolute Gasteiger partial charge is 0.261 e. The Kier molecular flexibility index (Phi) is 8.99.